The van der Waals surface area contributed by atoms with Crippen molar-refractivity contribution in [2.24, 2.45) is 0 Å². The predicted molar refractivity (Wildman–Crippen MR) is 71.8 cm³/mol. The maximum atomic E-state index is 12.0. The molecule has 1 aromatic carbocycles. The molecule has 0 saturated carbocycles. The minimum atomic E-state index is -0.127. The van der Waals surface area contributed by atoms with Gasteiger partial charge < -0.3 is 5.32 Å². The summed E-state index contributed by atoms with van der Waals surface area (Å²) >= 11 is 0. The molecular formula is C14H17N3O. The minimum absolute atomic E-state index is 0.127. The average Bonchev–Trinajstić information content (AvgIpc) is 2.75. The molecule has 0 aliphatic heterocycles. The van der Waals surface area contributed by atoms with E-state index in [1.807, 2.05) is 31.2 Å². The van der Waals surface area contributed by atoms with Gasteiger partial charge in [0, 0.05) is 11.1 Å². The van der Waals surface area contributed by atoms with Crippen molar-refractivity contribution in [3.05, 3.63) is 47.2 Å². The Morgan fingerprint density at radius 3 is 2.44 bits per heavy atom. The maximum Gasteiger partial charge on any atom is 0.256 e. The van der Waals surface area contributed by atoms with E-state index in [1.165, 1.54) is 5.56 Å². The lowest BCUT2D eigenvalue weighted by Crippen LogP contribution is -2.12. The minimum Gasteiger partial charge on any atom is -0.307 e. The van der Waals surface area contributed by atoms with E-state index in [0.29, 0.717) is 17.3 Å². The summed E-state index contributed by atoms with van der Waals surface area (Å²) < 4.78 is 0. The fraction of sp³-hybridized carbons (Fsp3) is 0.286. The van der Waals surface area contributed by atoms with Crippen molar-refractivity contribution >= 4 is 11.7 Å². The van der Waals surface area contributed by atoms with Gasteiger partial charge in [0.2, 0.25) is 0 Å². The maximum absolute atomic E-state index is 12.0. The molecule has 1 heterocycles. The van der Waals surface area contributed by atoms with E-state index in [-0.39, 0.29) is 5.91 Å². The number of carbonyl (C=O) groups excluding carboxylic acids is 1. The van der Waals surface area contributed by atoms with Gasteiger partial charge in [-0.15, -0.1) is 0 Å². The van der Waals surface area contributed by atoms with Crippen LogP contribution in [0.4, 0.5) is 5.82 Å². The van der Waals surface area contributed by atoms with Crippen LogP contribution >= 0.6 is 0 Å². The fourth-order valence-electron chi connectivity index (χ4n) is 1.68. The Kier molecular flexibility index (Phi) is 3.46. The summed E-state index contributed by atoms with van der Waals surface area (Å²) in [6.07, 6.45) is 1.68. The first-order valence-corrected chi connectivity index (χ1v) is 5.99. The van der Waals surface area contributed by atoms with Gasteiger partial charge in [0.25, 0.3) is 5.91 Å². The summed E-state index contributed by atoms with van der Waals surface area (Å²) in [6, 6.07) is 7.66. The summed E-state index contributed by atoms with van der Waals surface area (Å²) in [6.45, 7) is 6.15. The number of carbonyl (C=O) groups is 1. The largest absolute Gasteiger partial charge is 0.307 e. The topological polar surface area (TPSA) is 57.8 Å². The van der Waals surface area contributed by atoms with Crippen molar-refractivity contribution in [3.8, 4) is 0 Å². The van der Waals surface area contributed by atoms with Crippen LogP contribution in [0.25, 0.3) is 0 Å². The molecule has 94 valence electrons. The zero-order valence-corrected chi connectivity index (χ0v) is 10.8. The highest BCUT2D eigenvalue weighted by molar-refractivity contribution is 6.04. The number of anilines is 1. The molecule has 0 spiro atoms. The van der Waals surface area contributed by atoms with E-state index < -0.39 is 0 Å². The molecule has 2 aromatic rings. The van der Waals surface area contributed by atoms with Gasteiger partial charge in [0.1, 0.15) is 5.82 Å². The van der Waals surface area contributed by atoms with E-state index in [1.54, 1.807) is 6.20 Å². The zero-order chi connectivity index (χ0) is 13.1. The summed E-state index contributed by atoms with van der Waals surface area (Å²) in [5.41, 5.74) is 2.79. The summed E-state index contributed by atoms with van der Waals surface area (Å²) in [5, 5.41) is 9.42. The third-order valence-electron chi connectivity index (χ3n) is 2.91. The van der Waals surface area contributed by atoms with E-state index in [9.17, 15) is 4.79 Å². The zero-order valence-electron chi connectivity index (χ0n) is 10.8. The van der Waals surface area contributed by atoms with Crippen LogP contribution in [0, 0.1) is 6.92 Å². The highest BCUT2D eigenvalue weighted by Crippen LogP contribution is 2.16. The first-order valence-electron chi connectivity index (χ1n) is 5.99. The molecule has 0 atom stereocenters. The summed E-state index contributed by atoms with van der Waals surface area (Å²) in [7, 11) is 0. The molecule has 0 saturated heterocycles. The Morgan fingerprint density at radius 1 is 1.28 bits per heavy atom. The Balaban J connectivity index is 2.12. The lowest BCUT2D eigenvalue weighted by molar-refractivity contribution is 0.102. The normalized spacial score (nSPS) is 10.7. The molecule has 18 heavy (non-hydrogen) atoms. The number of nitrogens with one attached hydrogen (secondary N) is 2. The highest BCUT2D eigenvalue weighted by Gasteiger charge is 2.09. The number of nitrogens with zero attached hydrogens (tertiary/aromatic N) is 1. The number of H-pyrrole nitrogens is 1. The van der Waals surface area contributed by atoms with Crippen molar-refractivity contribution in [3.63, 3.8) is 0 Å². The molecule has 0 aliphatic rings. The predicted octanol–water partition coefficient (Wildman–Crippen LogP) is 3.09. The van der Waals surface area contributed by atoms with E-state index >= 15 is 0 Å². The van der Waals surface area contributed by atoms with Crippen molar-refractivity contribution in [2.45, 2.75) is 26.7 Å². The monoisotopic (exact) mass is 243 g/mol. The molecule has 2 N–H and O–H groups in total. The molecule has 4 heteroatoms. The lowest BCUT2D eigenvalue weighted by atomic mass is 10.0. The molecule has 0 unspecified atom stereocenters. The number of aromatic nitrogens is 2. The molecule has 2 rings (SSSR count). The van der Waals surface area contributed by atoms with Gasteiger partial charge >= 0.3 is 0 Å². The molecule has 0 aliphatic carbocycles. The van der Waals surface area contributed by atoms with Crippen LogP contribution in [-0.2, 0) is 0 Å². The Labute approximate surface area is 106 Å². The summed E-state index contributed by atoms with van der Waals surface area (Å²) in [5.74, 6) is 0.988. The molecule has 4 nitrogen and oxygen atoms in total. The van der Waals surface area contributed by atoms with Crippen LogP contribution in [0.3, 0.4) is 0 Å². The lowest BCUT2D eigenvalue weighted by Gasteiger charge is -2.07. The molecule has 1 amide bonds. The van der Waals surface area contributed by atoms with Gasteiger partial charge in [0.15, 0.2) is 0 Å². The molecule has 0 radical (unpaired) electrons. The smallest absolute Gasteiger partial charge is 0.256 e. The van der Waals surface area contributed by atoms with E-state index in [0.717, 1.165) is 5.56 Å². The Hall–Kier alpha value is -2.10. The molecule has 1 aromatic heterocycles. The number of aryl methyl sites for hydroxylation is 1. The first kappa shape index (κ1) is 12.4. The summed E-state index contributed by atoms with van der Waals surface area (Å²) in [4.78, 5) is 12.0. The third-order valence-corrected chi connectivity index (χ3v) is 2.91. The molecule has 0 bridgehead atoms. The van der Waals surface area contributed by atoms with Crippen molar-refractivity contribution in [2.75, 3.05) is 5.32 Å². The second-order valence-corrected chi connectivity index (χ2v) is 4.66. The van der Waals surface area contributed by atoms with Gasteiger partial charge in [-0.25, -0.2) is 0 Å². The van der Waals surface area contributed by atoms with Crippen LogP contribution in [0.2, 0.25) is 0 Å². The van der Waals surface area contributed by atoms with Crippen molar-refractivity contribution in [1.82, 2.24) is 10.2 Å². The molecular weight excluding hydrogens is 226 g/mol. The number of benzene rings is 1. The number of rotatable bonds is 3. The van der Waals surface area contributed by atoms with Crippen LogP contribution < -0.4 is 5.32 Å². The Bertz CT molecular complexity index is 540. The third kappa shape index (κ3) is 2.59. The van der Waals surface area contributed by atoms with Gasteiger partial charge in [-0.05, 0) is 30.5 Å². The number of aromatic amines is 1. The SMILES string of the molecule is Cc1cn[nH]c1NC(=O)c1ccc(C(C)C)cc1. The Morgan fingerprint density at radius 2 is 1.94 bits per heavy atom. The first-order chi connectivity index (χ1) is 8.58. The van der Waals surface area contributed by atoms with Gasteiger partial charge in [-0.3, -0.25) is 9.89 Å². The van der Waals surface area contributed by atoms with Crippen LogP contribution in [0.1, 0.15) is 41.3 Å². The number of hydrogen-bond donors (Lipinski definition) is 2. The molecule has 0 fully saturated rings. The van der Waals surface area contributed by atoms with E-state index in [4.69, 9.17) is 0 Å². The van der Waals surface area contributed by atoms with Gasteiger partial charge in [0.05, 0.1) is 6.20 Å². The second-order valence-electron chi connectivity index (χ2n) is 4.66. The van der Waals surface area contributed by atoms with Crippen molar-refractivity contribution < 1.29 is 4.79 Å². The van der Waals surface area contributed by atoms with Crippen molar-refractivity contribution in [1.29, 1.82) is 0 Å². The van der Waals surface area contributed by atoms with Crippen LogP contribution in [0.15, 0.2) is 30.5 Å². The number of amides is 1. The fourth-order valence-corrected chi connectivity index (χ4v) is 1.68. The quantitative estimate of drug-likeness (QED) is 0.870. The van der Waals surface area contributed by atoms with Crippen LogP contribution in [0.5, 0.6) is 0 Å². The van der Waals surface area contributed by atoms with Gasteiger partial charge in [-0.1, -0.05) is 26.0 Å². The highest BCUT2D eigenvalue weighted by atomic mass is 16.1. The standard InChI is InChI=1S/C14H17N3O/c1-9(2)11-4-6-12(7-5-11)14(18)16-13-10(3)8-15-17-13/h4-9H,1-3H3,(H2,15,16,17,18). The van der Waals surface area contributed by atoms with Gasteiger partial charge in [-0.2, -0.15) is 5.10 Å². The van der Waals surface area contributed by atoms with E-state index in [2.05, 4.69) is 29.4 Å². The average molecular weight is 243 g/mol. The van der Waals surface area contributed by atoms with Crippen LogP contribution in [-0.4, -0.2) is 16.1 Å². The second kappa shape index (κ2) is 5.04. The number of hydrogen-bond acceptors (Lipinski definition) is 2.